The van der Waals surface area contributed by atoms with E-state index < -0.39 is 0 Å². The summed E-state index contributed by atoms with van der Waals surface area (Å²) in [5, 5.41) is 0.495. The molecule has 0 aliphatic heterocycles. The molecule has 1 aliphatic carbocycles. The zero-order chi connectivity index (χ0) is 14.1. The molecule has 6 heteroatoms. The highest BCUT2D eigenvalue weighted by Crippen LogP contribution is 2.35. The third-order valence-corrected chi connectivity index (χ3v) is 4.96. The van der Waals surface area contributed by atoms with Crippen molar-refractivity contribution in [3.8, 4) is 11.5 Å². The lowest BCUT2D eigenvalue weighted by molar-refractivity contribution is 0.687. The highest BCUT2D eigenvalue weighted by Gasteiger charge is 2.23. The van der Waals surface area contributed by atoms with E-state index in [0.717, 1.165) is 18.5 Å². The van der Waals surface area contributed by atoms with Gasteiger partial charge in [-0.05, 0) is 47.6 Å². The second kappa shape index (κ2) is 5.81. The number of rotatable bonds is 2. The molecule has 0 atom stereocenters. The van der Waals surface area contributed by atoms with Crippen molar-refractivity contribution in [3.63, 3.8) is 0 Å². The molecule has 1 fully saturated rings. The van der Waals surface area contributed by atoms with E-state index in [2.05, 4.69) is 37.5 Å². The van der Waals surface area contributed by atoms with Gasteiger partial charge in [0.05, 0.1) is 10.7 Å². The summed E-state index contributed by atoms with van der Waals surface area (Å²) >= 11 is 8.22. The number of aromatic nitrogens is 3. The number of nitrogens with one attached hydrogen (secondary N) is 1. The van der Waals surface area contributed by atoms with Crippen LogP contribution in [0.4, 0.5) is 0 Å². The molecule has 0 saturated heterocycles. The lowest BCUT2D eigenvalue weighted by Gasteiger charge is -2.12. The molecular weight excluding hydrogens is 389 g/mol. The van der Waals surface area contributed by atoms with E-state index in [1.807, 2.05) is 0 Å². The van der Waals surface area contributed by atoms with Gasteiger partial charge >= 0.3 is 0 Å². The Labute approximate surface area is 135 Å². The molecule has 0 amide bonds. The van der Waals surface area contributed by atoms with Crippen LogP contribution >= 0.6 is 34.2 Å². The predicted octanol–water partition coefficient (Wildman–Crippen LogP) is 3.75. The van der Waals surface area contributed by atoms with Gasteiger partial charge in [-0.3, -0.25) is 9.78 Å². The molecule has 0 radical (unpaired) electrons. The summed E-state index contributed by atoms with van der Waals surface area (Å²) in [5.74, 6) is 0.841. The van der Waals surface area contributed by atoms with E-state index in [1.165, 1.54) is 12.8 Å². The molecule has 2 aromatic heterocycles. The molecule has 104 valence electrons. The molecule has 0 bridgehead atoms. The molecule has 1 aliphatic rings. The topological polar surface area (TPSA) is 58.6 Å². The average Bonchev–Trinajstić information content (AvgIpc) is 2.96. The average molecular weight is 402 g/mol. The van der Waals surface area contributed by atoms with E-state index in [-0.39, 0.29) is 5.56 Å². The Kier molecular flexibility index (Phi) is 4.07. The zero-order valence-corrected chi connectivity index (χ0v) is 13.6. The van der Waals surface area contributed by atoms with Gasteiger partial charge in [0.1, 0.15) is 9.26 Å². The Bertz CT molecular complexity index is 695. The molecule has 1 N–H and O–H groups in total. The van der Waals surface area contributed by atoms with Crippen LogP contribution in [0.25, 0.3) is 11.5 Å². The quantitative estimate of drug-likeness (QED) is 0.780. The first-order chi connectivity index (χ1) is 9.66. The molecule has 3 rings (SSSR count). The summed E-state index contributed by atoms with van der Waals surface area (Å²) < 4.78 is 0.685. The van der Waals surface area contributed by atoms with E-state index in [1.54, 1.807) is 18.3 Å². The number of H-pyrrole nitrogens is 1. The summed E-state index contributed by atoms with van der Waals surface area (Å²) in [4.78, 5) is 23.8. The highest BCUT2D eigenvalue weighted by molar-refractivity contribution is 14.1. The third-order valence-electron chi connectivity index (χ3n) is 3.61. The zero-order valence-electron chi connectivity index (χ0n) is 10.7. The Balaban J connectivity index is 2.14. The third kappa shape index (κ3) is 2.61. The molecule has 4 nitrogen and oxygen atoms in total. The van der Waals surface area contributed by atoms with Gasteiger partial charge in [0, 0.05) is 12.1 Å². The molecule has 2 heterocycles. The van der Waals surface area contributed by atoms with Crippen LogP contribution in [0, 0.1) is 3.57 Å². The maximum atomic E-state index is 12.1. The van der Waals surface area contributed by atoms with Gasteiger partial charge in [-0.25, -0.2) is 4.98 Å². The Morgan fingerprint density at radius 2 is 2.10 bits per heavy atom. The van der Waals surface area contributed by atoms with Gasteiger partial charge in [-0.15, -0.1) is 0 Å². The maximum absolute atomic E-state index is 12.1. The summed E-state index contributed by atoms with van der Waals surface area (Å²) in [6, 6.07) is 3.51. The highest BCUT2D eigenvalue weighted by atomic mass is 127. The van der Waals surface area contributed by atoms with E-state index in [0.29, 0.717) is 26.0 Å². The molecule has 2 aromatic rings. The van der Waals surface area contributed by atoms with Gasteiger partial charge in [0.15, 0.2) is 5.82 Å². The number of hydrogen-bond acceptors (Lipinski definition) is 3. The van der Waals surface area contributed by atoms with Crippen molar-refractivity contribution < 1.29 is 0 Å². The lowest BCUT2D eigenvalue weighted by atomic mass is 10.0. The largest absolute Gasteiger partial charge is 0.304 e. The fourth-order valence-electron chi connectivity index (χ4n) is 2.62. The Morgan fingerprint density at radius 3 is 2.80 bits per heavy atom. The minimum Gasteiger partial charge on any atom is -0.304 e. The van der Waals surface area contributed by atoms with Gasteiger partial charge in [0.2, 0.25) is 0 Å². The maximum Gasteiger partial charge on any atom is 0.264 e. The molecule has 1 saturated carbocycles. The van der Waals surface area contributed by atoms with Crippen molar-refractivity contribution in [1.82, 2.24) is 15.0 Å². The fraction of sp³-hybridized carbons (Fsp3) is 0.357. The first-order valence-electron chi connectivity index (χ1n) is 6.57. The van der Waals surface area contributed by atoms with E-state index >= 15 is 0 Å². The van der Waals surface area contributed by atoms with Crippen molar-refractivity contribution in [2.75, 3.05) is 0 Å². The van der Waals surface area contributed by atoms with Crippen LogP contribution in [0.15, 0.2) is 23.1 Å². The molecular formula is C14H13ClIN3O. The van der Waals surface area contributed by atoms with Crippen molar-refractivity contribution in [1.29, 1.82) is 0 Å². The minimum atomic E-state index is -0.112. The van der Waals surface area contributed by atoms with E-state index in [4.69, 9.17) is 11.6 Å². The van der Waals surface area contributed by atoms with Gasteiger partial charge < -0.3 is 4.98 Å². The number of hydrogen-bond donors (Lipinski definition) is 1. The minimum absolute atomic E-state index is 0.112. The first-order valence-corrected chi connectivity index (χ1v) is 8.03. The Hall–Kier alpha value is -0.950. The van der Waals surface area contributed by atoms with Crippen molar-refractivity contribution in [2.45, 2.75) is 31.6 Å². The van der Waals surface area contributed by atoms with Crippen molar-refractivity contribution in [2.24, 2.45) is 0 Å². The number of halogens is 2. The van der Waals surface area contributed by atoms with Gasteiger partial charge in [-0.2, -0.15) is 0 Å². The van der Waals surface area contributed by atoms with Crippen LogP contribution in [-0.2, 0) is 0 Å². The second-order valence-corrected chi connectivity index (χ2v) is 6.41. The van der Waals surface area contributed by atoms with Crippen LogP contribution in [0.5, 0.6) is 0 Å². The van der Waals surface area contributed by atoms with Crippen LogP contribution in [0.2, 0.25) is 5.02 Å². The summed E-state index contributed by atoms with van der Waals surface area (Å²) in [6.07, 6.45) is 6.25. The lowest BCUT2D eigenvalue weighted by Crippen LogP contribution is -2.18. The SMILES string of the molecule is O=c1[nH]c(-c2ncccc2Cl)nc(C2CCCC2)c1I. The van der Waals surface area contributed by atoms with Crippen LogP contribution in [-0.4, -0.2) is 15.0 Å². The predicted molar refractivity (Wildman–Crippen MR) is 87.0 cm³/mol. The monoisotopic (exact) mass is 401 g/mol. The van der Waals surface area contributed by atoms with Crippen LogP contribution in [0.3, 0.4) is 0 Å². The van der Waals surface area contributed by atoms with Crippen molar-refractivity contribution in [3.05, 3.63) is 43.0 Å². The Morgan fingerprint density at radius 1 is 1.35 bits per heavy atom. The smallest absolute Gasteiger partial charge is 0.264 e. The summed E-state index contributed by atoms with van der Waals surface area (Å²) in [7, 11) is 0. The summed E-state index contributed by atoms with van der Waals surface area (Å²) in [5.41, 5.74) is 1.31. The standard InChI is InChI=1S/C14H13ClIN3O/c15-9-6-3-7-17-12(9)13-18-11(8-4-1-2-5-8)10(16)14(20)19-13/h3,6-8H,1-2,4-5H2,(H,18,19,20). The number of nitrogens with zero attached hydrogens (tertiary/aromatic N) is 2. The first kappa shape index (κ1) is 14.0. The molecule has 0 spiro atoms. The van der Waals surface area contributed by atoms with Gasteiger partial charge in [0.25, 0.3) is 5.56 Å². The van der Waals surface area contributed by atoms with Crippen LogP contribution in [0.1, 0.15) is 37.3 Å². The fourth-order valence-corrected chi connectivity index (χ4v) is 3.52. The second-order valence-electron chi connectivity index (χ2n) is 4.93. The summed E-state index contributed by atoms with van der Waals surface area (Å²) in [6.45, 7) is 0. The van der Waals surface area contributed by atoms with E-state index in [9.17, 15) is 4.79 Å². The van der Waals surface area contributed by atoms with Crippen LogP contribution < -0.4 is 5.56 Å². The molecule has 20 heavy (non-hydrogen) atoms. The number of pyridine rings is 1. The van der Waals surface area contributed by atoms with Gasteiger partial charge in [-0.1, -0.05) is 24.4 Å². The number of aromatic amines is 1. The molecule has 0 aromatic carbocycles. The normalized spacial score (nSPS) is 15.7. The van der Waals surface area contributed by atoms with Crippen molar-refractivity contribution >= 4 is 34.2 Å². The molecule has 0 unspecified atom stereocenters.